The molecule has 0 heterocycles. The molecule has 3 rings (SSSR count). The van der Waals surface area contributed by atoms with Gasteiger partial charge in [-0.3, -0.25) is 9.10 Å². The number of rotatable bonds is 11. The van der Waals surface area contributed by atoms with Crippen LogP contribution in [-0.4, -0.2) is 34.5 Å². The van der Waals surface area contributed by atoms with Gasteiger partial charge in [-0.2, -0.15) is 0 Å². The molecule has 0 spiro atoms. The first-order chi connectivity index (χ1) is 16.3. The van der Waals surface area contributed by atoms with E-state index in [1.807, 2.05) is 25.1 Å². The van der Waals surface area contributed by atoms with Gasteiger partial charge in [-0.1, -0.05) is 61.4 Å². The number of benzene rings is 3. The molecule has 1 unspecified atom stereocenters. The van der Waals surface area contributed by atoms with E-state index in [0.29, 0.717) is 18.0 Å². The molecule has 0 radical (unpaired) electrons. The van der Waals surface area contributed by atoms with E-state index in [9.17, 15) is 13.2 Å². The van der Waals surface area contributed by atoms with Crippen LogP contribution >= 0.6 is 0 Å². The van der Waals surface area contributed by atoms with Gasteiger partial charge in [-0.15, -0.1) is 0 Å². The molecule has 6 nitrogen and oxygen atoms in total. The second kappa shape index (κ2) is 11.7. The van der Waals surface area contributed by atoms with Crippen LogP contribution in [0.5, 0.6) is 5.75 Å². The van der Waals surface area contributed by atoms with Crippen LogP contribution in [0.3, 0.4) is 0 Å². The van der Waals surface area contributed by atoms with Crippen molar-refractivity contribution in [2.24, 2.45) is 5.92 Å². The predicted octanol–water partition coefficient (Wildman–Crippen LogP) is 4.58. The van der Waals surface area contributed by atoms with E-state index >= 15 is 0 Å². The molecule has 0 fully saturated rings. The van der Waals surface area contributed by atoms with E-state index in [-0.39, 0.29) is 23.3 Å². The van der Waals surface area contributed by atoms with Crippen molar-refractivity contribution in [3.05, 3.63) is 90.0 Å². The van der Waals surface area contributed by atoms with Crippen molar-refractivity contribution < 1.29 is 17.9 Å². The minimum atomic E-state index is -3.95. The molecule has 0 aliphatic rings. The summed E-state index contributed by atoms with van der Waals surface area (Å²) in [5.41, 5.74) is 2.56. The lowest BCUT2D eigenvalue weighted by Crippen LogP contribution is -2.42. The summed E-state index contributed by atoms with van der Waals surface area (Å²) in [6.45, 7) is 4.14. The molecule has 0 aliphatic heterocycles. The van der Waals surface area contributed by atoms with Crippen LogP contribution < -0.4 is 14.4 Å². The maximum atomic E-state index is 13.5. The van der Waals surface area contributed by atoms with E-state index in [0.717, 1.165) is 22.7 Å². The molecule has 0 aliphatic carbocycles. The molecular weight excluding hydrogens is 448 g/mol. The van der Waals surface area contributed by atoms with E-state index in [2.05, 4.69) is 24.4 Å². The third kappa shape index (κ3) is 6.60. The van der Waals surface area contributed by atoms with Crippen LogP contribution in [0, 0.1) is 12.8 Å². The Morgan fingerprint density at radius 3 is 2.21 bits per heavy atom. The predicted molar refractivity (Wildman–Crippen MR) is 136 cm³/mol. The maximum Gasteiger partial charge on any atom is 0.264 e. The topological polar surface area (TPSA) is 75.7 Å². The van der Waals surface area contributed by atoms with Crippen molar-refractivity contribution in [3.63, 3.8) is 0 Å². The van der Waals surface area contributed by atoms with Crippen molar-refractivity contribution in [2.75, 3.05) is 24.5 Å². The average molecular weight is 481 g/mol. The highest BCUT2D eigenvalue weighted by atomic mass is 32.2. The molecule has 7 heteroatoms. The number of nitrogens with one attached hydrogen (secondary N) is 1. The highest BCUT2D eigenvalue weighted by Crippen LogP contribution is 2.26. The number of nitrogens with zero attached hydrogens (tertiary/aromatic N) is 1. The number of sulfonamides is 1. The van der Waals surface area contributed by atoms with Gasteiger partial charge >= 0.3 is 0 Å². The van der Waals surface area contributed by atoms with Crippen LogP contribution in [0.2, 0.25) is 0 Å². The quantitative estimate of drug-likeness (QED) is 0.436. The lowest BCUT2D eigenvalue weighted by molar-refractivity contribution is -0.119. The molecule has 3 aromatic rings. The molecular formula is C27H32N2O4S. The summed E-state index contributed by atoms with van der Waals surface area (Å²) in [6.07, 6.45) is 1.75. The average Bonchev–Trinajstić information content (AvgIpc) is 2.86. The van der Waals surface area contributed by atoms with Crippen LogP contribution in [0.4, 0.5) is 5.69 Å². The first-order valence-electron chi connectivity index (χ1n) is 11.4. The minimum absolute atomic E-state index is 0.136. The number of amides is 1. The van der Waals surface area contributed by atoms with Gasteiger partial charge in [0.15, 0.2) is 0 Å². The summed E-state index contributed by atoms with van der Waals surface area (Å²) in [5, 5.41) is 2.94. The summed E-state index contributed by atoms with van der Waals surface area (Å²) in [6, 6.07) is 23.4. The Morgan fingerprint density at radius 1 is 0.971 bits per heavy atom. The molecule has 1 atom stereocenters. The van der Waals surface area contributed by atoms with E-state index in [1.54, 1.807) is 55.6 Å². The lowest BCUT2D eigenvalue weighted by atomic mass is 9.97. The number of hydrogen-bond donors (Lipinski definition) is 1. The largest absolute Gasteiger partial charge is 0.497 e. The molecule has 180 valence electrons. The monoisotopic (exact) mass is 480 g/mol. The smallest absolute Gasteiger partial charge is 0.264 e. The Morgan fingerprint density at radius 2 is 1.62 bits per heavy atom. The van der Waals surface area contributed by atoms with Gasteiger partial charge < -0.3 is 10.1 Å². The fourth-order valence-corrected chi connectivity index (χ4v) is 5.07. The highest BCUT2D eigenvalue weighted by molar-refractivity contribution is 7.92. The zero-order valence-electron chi connectivity index (χ0n) is 19.9. The van der Waals surface area contributed by atoms with Gasteiger partial charge in [-0.25, -0.2) is 8.42 Å². The Kier molecular flexibility index (Phi) is 8.71. The van der Waals surface area contributed by atoms with Crippen molar-refractivity contribution in [3.8, 4) is 5.75 Å². The lowest BCUT2D eigenvalue weighted by Gasteiger charge is -2.25. The molecule has 0 saturated heterocycles. The van der Waals surface area contributed by atoms with Gasteiger partial charge in [0.1, 0.15) is 12.3 Å². The molecule has 0 bridgehead atoms. The van der Waals surface area contributed by atoms with Crippen molar-refractivity contribution >= 4 is 21.6 Å². The van der Waals surface area contributed by atoms with Gasteiger partial charge in [-0.05, 0) is 61.2 Å². The van der Waals surface area contributed by atoms with Crippen LogP contribution in [0.15, 0.2) is 83.8 Å². The third-order valence-corrected chi connectivity index (χ3v) is 7.58. The zero-order valence-corrected chi connectivity index (χ0v) is 20.7. The SMILES string of the molecule is CCC(CNC(=O)CN(c1ccc(OC)cc1)S(=O)(=O)c1ccc(C)cc1)Cc1ccccc1. The molecule has 0 aromatic heterocycles. The highest BCUT2D eigenvalue weighted by Gasteiger charge is 2.27. The van der Waals surface area contributed by atoms with Crippen molar-refractivity contribution in [1.29, 1.82) is 0 Å². The maximum absolute atomic E-state index is 13.5. The van der Waals surface area contributed by atoms with Crippen LogP contribution in [0.25, 0.3) is 0 Å². The fourth-order valence-electron chi connectivity index (χ4n) is 3.65. The van der Waals surface area contributed by atoms with E-state index in [1.165, 1.54) is 5.56 Å². The number of carbonyl (C=O) groups is 1. The zero-order chi connectivity index (χ0) is 24.6. The number of ether oxygens (including phenoxy) is 1. The number of hydrogen-bond acceptors (Lipinski definition) is 4. The standard InChI is InChI=1S/C27H32N2O4S/c1-4-22(18-23-8-6-5-7-9-23)19-28-27(30)20-29(24-12-14-25(33-3)15-13-24)34(31,32)26-16-10-21(2)11-17-26/h5-17,22H,4,18-20H2,1-3H3,(H,28,30). The fraction of sp³-hybridized carbons (Fsp3) is 0.296. The summed E-state index contributed by atoms with van der Waals surface area (Å²) < 4.78 is 33.3. The summed E-state index contributed by atoms with van der Waals surface area (Å²) >= 11 is 0. The van der Waals surface area contributed by atoms with Crippen LogP contribution in [0.1, 0.15) is 24.5 Å². The Hall–Kier alpha value is -3.32. The third-order valence-electron chi connectivity index (χ3n) is 5.79. The molecule has 0 saturated carbocycles. The molecule has 1 amide bonds. The normalized spacial score (nSPS) is 12.1. The number of carbonyl (C=O) groups excluding carboxylic acids is 1. The second-order valence-electron chi connectivity index (χ2n) is 8.29. The van der Waals surface area contributed by atoms with E-state index < -0.39 is 10.0 Å². The first kappa shape index (κ1) is 25.3. The van der Waals surface area contributed by atoms with Gasteiger partial charge in [0, 0.05) is 6.54 Å². The van der Waals surface area contributed by atoms with E-state index in [4.69, 9.17) is 4.74 Å². The van der Waals surface area contributed by atoms with Crippen LogP contribution in [-0.2, 0) is 21.2 Å². The van der Waals surface area contributed by atoms with Gasteiger partial charge in [0.05, 0.1) is 17.7 Å². The first-order valence-corrected chi connectivity index (χ1v) is 12.8. The summed E-state index contributed by atoms with van der Waals surface area (Å²) in [5.74, 6) is 0.514. The Labute approximate surface area is 202 Å². The van der Waals surface area contributed by atoms with Gasteiger partial charge in [0.2, 0.25) is 5.91 Å². The minimum Gasteiger partial charge on any atom is -0.497 e. The van der Waals surface area contributed by atoms with Crippen molar-refractivity contribution in [1.82, 2.24) is 5.32 Å². The number of anilines is 1. The van der Waals surface area contributed by atoms with Gasteiger partial charge in [0.25, 0.3) is 10.0 Å². The summed E-state index contributed by atoms with van der Waals surface area (Å²) in [4.78, 5) is 13.0. The second-order valence-corrected chi connectivity index (χ2v) is 10.2. The molecule has 1 N–H and O–H groups in total. The van der Waals surface area contributed by atoms with Crippen molar-refractivity contribution in [2.45, 2.75) is 31.6 Å². The summed E-state index contributed by atoms with van der Waals surface area (Å²) in [7, 11) is -2.40. The number of aryl methyl sites for hydroxylation is 1. The molecule has 34 heavy (non-hydrogen) atoms. The Bertz CT molecular complexity index is 1160. The Balaban J connectivity index is 1.77. The number of methoxy groups -OCH3 is 1. The molecule has 3 aromatic carbocycles.